The van der Waals surface area contributed by atoms with Gasteiger partial charge in [-0.3, -0.25) is 10.1 Å². The van der Waals surface area contributed by atoms with Crippen molar-refractivity contribution in [2.75, 3.05) is 5.32 Å². The number of aromatic nitrogens is 1. The molecule has 28 heavy (non-hydrogen) atoms. The van der Waals surface area contributed by atoms with E-state index in [1.54, 1.807) is 60.7 Å². The molecule has 0 aliphatic rings. The summed E-state index contributed by atoms with van der Waals surface area (Å²) in [4.78, 5) is 16.5. The van der Waals surface area contributed by atoms with Crippen LogP contribution in [0.3, 0.4) is 0 Å². The maximum Gasteiger partial charge on any atom is 0.257 e. The molecule has 1 aromatic heterocycles. The average Bonchev–Trinajstić information content (AvgIpc) is 3.12. The van der Waals surface area contributed by atoms with Crippen LogP contribution in [-0.4, -0.2) is 16.0 Å². The van der Waals surface area contributed by atoms with Gasteiger partial charge in [0.15, 0.2) is 10.7 Å². The molecule has 2 N–H and O–H groups in total. The molecule has 0 saturated carbocycles. The minimum atomic E-state index is -0.405. The van der Waals surface area contributed by atoms with Gasteiger partial charge in [-0.1, -0.05) is 30.3 Å². The summed E-state index contributed by atoms with van der Waals surface area (Å²) in [5.41, 5.74) is 2.48. The molecule has 0 aliphatic carbocycles. The number of hydrogen-bond acceptors (Lipinski definition) is 4. The number of hydrogen-bond donors (Lipinski definition) is 2. The van der Waals surface area contributed by atoms with E-state index < -0.39 is 5.82 Å². The number of carbonyl (C=O) groups is 1. The van der Waals surface area contributed by atoms with Crippen LogP contribution >= 0.6 is 12.2 Å². The second-order valence-electron chi connectivity index (χ2n) is 5.96. The van der Waals surface area contributed by atoms with Crippen LogP contribution in [0.4, 0.5) is 10.1 Å². The van der Waals surface area contributed by atoms with Crippen LogP contribution in [0.15, 0.2) is 77.2 Å². The fraction of sp³-hybridized carbons (Fsp3) is 0. The Kier molecular flexibility index (Phi) is 4.82. The van der Waals surface area contributed by atoms with E-state index in [9.17, 15) is 9.18 Å². The number of fused-ring (bicyclic) bond motifs is 1. The lowest BCUT2D eigenvalue weighted by molar-refractivity contribution is 0.0977. The molecule has 0 aliphatic heterocycles. The van der Waals surface area contributed by atoms with Gasteiger partial charge in [-0.2, -0.15) is 0 Å². The van der Waals surface area contributed by atoms with Crippen molar-refractivity contribution < 1.29 is 13.6 Å². The average molecular weight is 391 g/mol. The minimum absolute atomic E-state index is 0.158. The summed E-state index contributed by atoms with van der Waals surface area (Å²) in [7, 11) is 0. The smallest absolute Gasteiger partial charge is 0.257 e. The molecule has 7 heteroatoms. The zero-order valence-corrected chi connectivity index (χ0v) is 15.3. The van der Waals surface area contributed by atoms with Crippen molar-refractivity contribution >= 4 is 40.0 Å². The molecule has 0 fully saturated rings. The van der Waals surface area contributed by atoms with Crippen molar-refractivity contribution in [2.45, 2.75) is 0 Å². The zero-order valence-electron chi connectivity index (χ0n) is 14.5. The highest BCUT2D eigenvalue weighted by Gasteiger charge is 2.13. The van der Waals surface area contributed by atoms with Crippen LogP contribution in [0, 0.1) is 5.82 Å². The van der Waals surface area contributed by atoms with E-state index in [2.05, 4.69) is 15.6 Å². The van der Waals surface area contributed by atoms with Gasteiger partial charge in [-0.25, -0.2) is 9.37 Å². The van der Waals surface area contributed by atoms with Crippen molar-refractivity contribution in [3.05, 3.63) is 84.2 Å². The monoisotopic (exact) mass is 391 g/mol. The van der Waals surface area contributed by atoms with E-state index in [1.165, 1.54) is 6.07 Å². The van der Waals surface area contributed by atoms with Crippen molar-refractivity contribution in [1.29, 1.82) is 0 Å². The Morgan fingerprint density at radius 2 is 1.75 bits per heavy atom. The molecule has 0 radical (unpaired) electrons. The van der Waals surface area contributed by atoms with Gasteiger partial charge in [0, 0.05) is 11.3 Å². The first-order chi connectivity index (χ1) is 13.6. The molecule has 0 bridgehead atoms. The highest BCUT2D eigenvalue weighted by molar-refractivity contribution is 7.80. The third-order valence-electron chi connectivity index (χ3n) is 4.01. The normalized spacial score (nSPS) is 10.6. The summed E-state index contributed by atoms with van der Waals surface area (Å²) in [6, 6.07) is 20.2. The topological polar surface area (TPSA) is 67.2 Å². The van der Waals surface area contributed by atoms with Crippen LogP contribution in [0.2, 0.25) is 0 Å². The van der Waals surface area contributed by atoms with Gasteiger partial charge in [0.2, 0.25) is 5.89 Å². The van der Waals surface area contributed by atoms with Crippen molar-refractivity contribution in [2.24, 2.45) is 0 Å². The molecule has 0 spiro atoms. The molecule has 0 saturated heterocycles. The van der Waals surface area contributed by atoms with Gasteiger partial charge in [0.25, 0.3) is 5.91 Å². The van der Waals surface area contributed by atoms with Crippen LogP contribution in [0.1, 0.15) is 10.4 Å². The molecule has 4 aromatic rings. The first-order valence-corrected chi connectivity index (χ1v) is 8.84. The molecule has 4 rings (SSSR count). The third-order valence-corrected chi connectivity index (χ3v) is 4.22. The molecule has 3 aromatic carbocycles. The van der Waals surface area contributed by atoms with Crippen LogP contribution in [-0.2, 0) is 0 Å². The number of amides is 1. The zero-order chi connectivity index (χ0) is 19.5. The Morgan fingerprint density at radius 1 is 1.00 bits per heavy atom. The van der Waals surface area contributed by atoms with Gasteiger partial charge < -0.3 is 9.73 Å². The molecule has 1 amide bonds. The number of oxazole rings is 1. The predicted octanol–water partition coefficient (Wildman–Crippen LogP) is 4.76. The van der Waals surface area contributed by atoms with Crippen LogP contribution < -0.4 is 10.6 Å². The Bertz CT molecular complexity index is 1170. The van der Waals surface area contributed by atoms with Gasteiger partial charge >= 0.3 is 0 Å². The molecule has 0 unspecified atom stereocenters. The summed E-state index contributed by atoms with van der Waals surface area (Å²) in [5.74, 6) is -0.509. The fourth-order valence-corrected chi connectivity index (χ4v) is 2.89. The standard InChI is InChI=1S/C21H14FN3O2S/c22-16-9-5-4-8-15(16)20-24-17-12-14(10-11-18(17)27-20)23-21(28)25-19(26)13-6-2-1-3-7-13/h1-12H,(H2,23,25,26,28). The van der Waals surface area contributed by atoms with Gasteiger partial charge in [-0.15, -0.1) is 0 Å². The lowest BCUT2D eigenvalue weighted by Crippen LogP contribution is -2.34. The van der Waals surface area contributed by atoms with Gasteiger partial charge in [-0.05, 0) is 54.7 Å². The van der Waals surface area contributed by atoms with E-state index in [-0.39, 0.29) is 16.9 Å². The van der Waals surface area contributed by atoms with E-state index in [0.29, 0.717) is 27.9 Å². The van der Waals surface area contributed by atoms with E-state index in [4.69, 9.17) is 16.6 Å². The summed E-state index contributed by atoms with van der Waals surface area (Å²) >= 11 is 5.20. The Hall–Kier alpha value is -3.58. The lowest BCUT2D eigenvalue weighted by Gasteiger charge is -2.09. The summed E-state index contributed by atoms with van der Waals surface area (Å²) in [5, 5.41) is 5.72. The first kappa shape index (κ1) is 17.8. The highest BCUT2D eigenvalue weighted by Crippen LogP contribution is 2.27. The quantitative estimate of drug-likeness (QED) is 0.493. The van der Waals surface area contributed by atoms with E-state index in [0.717, 1.165) is 0 Å². The number of rotatable bonds is 3. The van der Waals surface area contributed by atoms with Crippen molar-refractivity contribution in [3.63, 3.8) is 0 Å². The Balaban J connectivity index is 1.51. The molecule has 5 nitrogen and oxygen atoms in total. The van der Waals surface area contributed by atoms with Crippen LogP contribution in [0.5, 0.6) is 0 Å². The van der Waals surface area contributed by atoms with Crippen molar-refractivity contribution in [3.8, 4) is 11.5 Å². The third kappa shape index (κ3) is 3.74. The molecular weight excluding hydrogens is 377 g/mol. The number of nitrogens with one attached hydrogen (secondary N) is 2. The van der Waals surface area contributed by atoms with E-state index >= 15 is 0 Å². The lowest BCUT2D eigenvalue weighted by atomic mass is 10.2. The van der Waals surface area contributed by atoms with Crippen LogP contribution in [0.25, 0.3) is 22.6 Å². The Labute approximate surface area is 165 Å². The highest BCUT2D eigenvalue weighted by atomic mass is 32.1. The number of thiocarbonyl (C=S) groups is 1. The number of benzene rings is 3. The molecule has 138 valence electrons. The summed E-state index contributed by atoms with van der Waals surface area (Å²) in [6.07, 6.45) is 0. The molecular formula is C21H14FN3O2S. The maximum atomic E-state index is 13.9. The van der Waals surface area contributed by atoms with Gasteiger partial charge in [0.05, 0.1) is 5.56 Å². The minimum Gasteiger partial charge on any atom is -0.436 e. The SMILES string of the molecule is O=C(NC(=S)Nc1ccc2oc(-c3ccccc3F)nc2c1)c1ccccc1. The molecule has 1 heterocycles. The largest absolute Gasteiger partial charge is 0.436 e. The fourth-order valence-electron chi connectivity index (χ4n) is 2.68. The number of anilines is 1. The Morgan fingerprint density at radius 3 is 2.54 bits per heavy atom. The van der Waals surface area contributed by atoms with Gasteiger partial charge in [0.1, 0.15) is 11.3 Å². The number of carbonyl (C=O) groups excluding carboxylic acids is 1. The second-order valence-corrected chi connectivity index (χ2v) is 6.36. The summed E-state index contributed by atoms with van der Waals surface area (Å²) in [6.45, 7) is 0. The maximum absolute atomic E-state index is 13.9. The number of halogens is 1. The second kappa shape index (κ2) is 7.58. The van der Waals surface area contributed by atoms with E-state index in [1.807, 2.05) is 6.07 Å². The van der Waals surface area contributed by atoms with Crippen molar-refractivity contribution in [1.82, 2.24) is 10.3 Å². The molecule has 0 atom stereocenters. The predicted molar refractivity (Wildman–Crippen MR) is 110 cm³/mol. The summed E-state index contributed by atoms with van der Waals surface area (Å²) < 4.78 is 19.6. The first-order valence-electron chi connectivity index (χ1n) is 8.43. The number of nitrogens with zero attached hydrogens (tertiary/aromatic N) is 1.